The molecule has 250 valence electrons. The summed E-state index contributed by atoms with van der Waals surface area (Å²) in [5.41, 5.74) is -1.24. The maximum absolute atomic E-state index is 15.1. The van der Waals surface area contributed by atoms with Crippen LogP contribution in [0.1, 0.15) is 56.1 Å². The van der Waals surface area contributed by atoms with E-state index in [1.54, 1.807) is 6.92 Å². The third-order valence-corrected chi connectivity index (χ3v) is 7.72. The van der Waals surface area contributed by atoms with Crippen molar-refractivity contribution in [2.24, 2.45) is 0 Å². The number of halogens is 7. The van der Waals surface area contributed by atoms with Gasteiger partial charge in [0.05, 0.1) is 18.8 Å². The zero-order valence-corrected chi connectivity index (χ0v) is 25.7. The lowest BCUT2D eigenvalue weighted by molar-refractivity contribution is -0.230. The molecule has 0 spiro atoms. The third-order valence-electron chi connectivity index (χ3n) is 7.72. The van der Waals surface area contributed by atoms with Crippen LogP contribution in [0.5, 0.6) is 5.75 Å². The molecule has 1 aliphatic rings. The summed E-state index contributed by atoms with van der Waals surface area (Å²) in [6, 6.07) is 11.3. The Balaban J connectivity index is 1.27. The molecule has 0 unspecified atom stereocenters. The highest BCUT2D eigenvalue weighted by Crippen LogP contribution is 2.37. The molecule has 0 bridgehead atoms. The van der Waals surface area contributed by atoms with Gasteiger partial charge in [-0.05, 0) is 66.4 Å². The van der Waals surface area contributed by atoms with E-state index in [1.807, 2.05) is 6.92 Å². The number of rotatable bonds is 12. The van der Waals surface area contributed by atoms with Gasteiger partial charge in [-0.3, -0.25) is 0 Å². The minimum absolute atomic E-state index is 0.0320. The fourth-order valence-corrected chi connectivity index (χ4v) is 5.24. The minimum atomic E-state index is -4.19. The van der Waals surface area contributed by atoms with Crippen molar-refractivity contribution in [2.75, 3.05) is 19.8 Å². The molecule has 0 amide bonds. The van der Waals surface area contributed by atoms with E-state index < -0.39 is 52.8 Å². The van der Waals surface area contributed by atoms with Crippen molar-refractivity contribution in [3.63, 3.8) is 0 Å². The van der Waals surface area contributed by atoms with E-state index in [0.29, 0.717) is 19.1 Å². The van der Waals surface area contributed by atoms with Crippen molar-refractivity contribution in [2.45, 2.75) is 58.0 Å². The van der Waals surface area contributed by atoms with Gasteiger partial charge in [0.1, 0.15) is 40.9 Å². The second-order valence-electron chi connectivity index (χ2n) is 11.2. The molecule has 1 heterocycles. The van der Waals surface area contributed by atoms with Crippen LogP contribution < -0.4 is 4.74 Å². The summed E-state index contributed by atoms with van der Waals surface area (Å²) in [6.45, 7) is 4.75. The summed E-state index contributed by atoms with van der Waals surface area (Å²) in [7, 11) is 0. The van der Waals surface area contributed by atoms with Gasteiger partial charge in [0, 0.05) is 34.9 Å². The van der Waals surface area contributed by atoms with Gasteiger partial charge in [-0.1, -0.05) is 44.9 Å². The Hall–Kier alpha value is -3.93. The molecule has 11 heteroatoms. The summed E-state index contributed by atoms with van der Waals surface area (Å²) in [5.74, 6) is -5.39. The van der Waals surface area contributed by atoms with Crippen LogP contribution in [0.4, 0.5) is 30.7 Å². The Bertz CT molecular complexity index is 1680. The quantitative estimate of drug-likeness (QED) is 0.112. The molecule has 4 aromatic rings. The van der Waals surface area contributed by atoms with Crippen LogP contribution in [-0.4, -0.2) is 25.9 Å². The van der Waals surface area contributed by atoms with Crippen LogP contribution >= 0.6 is 0 Å². The number of alkyl halides is 2. The average Bonchev–Trinajstić information content (AvgIpc) is 3.03. The molecule has 0 aromatic heterocycles. The van der Waals surface area contributed by atoms with Gasteiger partial charge < -0.3 is 18.9 Å². The Kier molecular flexibility index (Phi) is 10.9. The van der Waals surface area contributed by atoms with Gasteiger partial charge in [0.15, 0.2) is 6.29 Å². The smallest absolute Gasteiger partial charge is 0.429 e. The fraction of sp³-hybridized carbons (Fsp3) is 0.333. The van der Waals surface area contributed by atoms with E-state index in [2.05, 4.69) is 0 Å². The molecule has 0 radical (unpaired) electrons. The summed E-state index contributed by atoms with van der Waals surface area (Å²) in [5, 5.41) is 0. The van der Waals surface area contributed by atoms with Crippen LogP contribution in [0.25, 0.3) is 22.3 Å². The highest BCUT2D eigenvalue weighted by molar-refractivity contribution is 5.72. The molecule has 0 saturated carbocycles. The van der Waals surface area contributed by atoms with Crippen molar-refractivity contribution >= 4 is 0 Å². The van der Waals surface area contributed by atoms with E-state index in [-0.39, 0.29) is 59.1 Å². The normalized spacial score (nSPS) is 16.8. The predicted molar refractivity (Wildman–Crippen MR) is 161 cm³/mol. The predicted octanol–water partition coefficient (Wildman–Crippen LogP) is 10.0. The Morgan fingerprint density at radius 1 is 0.702 bits per heavy atom. The molecule has 0 N–H and O–H groups in total. The van der Waals surface area contributed by atoms with E-state index in [9.17, 15) is 13.2 Å². The third kappa shape index (κ3) is 7.97. The average molecular weight is 663 g/mol. The van der Waals surface area contributed by atoms with Crippen molar-refractivity contribution in [1.29, 1.82) is 0 Å². The lowest BCUT2D eigenvalue weighted by atomic mass is 9.97. The van der Waals surface area contributed by atoms with Crippen molar-refractivity contribution in [3.05, 3.63) is 113 Å². The molecule has 0 aliphatic carbocycles. The van der Waals surface area contributed by atoms with Gasteiger partial charge in [0.2, 0.25) is 0 Å². The van der Waals surface area contributed by atoms with Gasteiger partial charge in [0.25, 0.3) is 0 Å². The Morgan fingerprint density at radius 3 is 1.96 bits per heavy atom. The maximum Gasteiger partial charge on any atom is 0.429 e. The van der Waals surface area contributed by atoms with E-state index in [0.717, 1.165) is 55.3 Å². The molecule has 5 rings (SSSR count). The van der Waals surface area contributed by atoms with Crippen molar-refractivity contribution in [1.82, 2.24) is 0 Å². The highest BCUT2D eigenvalue weighted by atomic mass is 19.3. The molecule has 1 aliphatic heterocycles. The first-order chi connectivity index (χ1) is 22.5. The van der Waals surface area contributed by atoms with Crippen molar-refractivity contribution < 1.29 is 49.7 Å². The van der Waals surface area contributed by atoms with Gasteiger partial charge >= 0.3 is 6.11 Å². The fourth-order valence-electron chi connectivity index (χ4n) is 5.24. The molecule has 4 nitrogen and oxygen atoms in total. The molecule has 1 saturated heterocycles. The summed E-state index contributed by atoms with van der Waals surface area (Å²) in [4.78, 5) is 0. The lowest BCUT2D eigenvalue weighted by Gasteiger charge is -2.30. The summed E-state index contributed by atoms with van der Waals surface area (Å²) < 4.78 is 125. The van der Waals surface area contributed by atoms with E-state index in [1.165, 1.54) is 18.2 Å². The van der Waals surface area contributed by atoms with Crippen LogP contribution in [0.2, 0.25) is 0 Å². The summed E-state index contributed by atoms with van der Waals surface area (Å²) in [6.07, 6.45) is -2.87. The first kappa shape index (κ1) is 34.4. The second-order valence-corrected chi connectivity index (χ2v) is 11.2. The molecule has 4 aromatic carbocycles. The number of benzene rings is 4. The lowest BCUT2D eigenvalue weighted by Crippen LogP contribution is -2.34. The first-order valence-electron chi connectivity index (χ1n) is 15.3. The minimum Gasteiger partial charge on any atom is -0.429 e. The van der Waals surface area contributed by atoms with Crippen molar-refractivity contribution in [3.8, 4) is 28.0 Å². The van der Waals surface area contributed by atoms with Crippen LogP contribution in [0, 0.1) is 29.1 Å². The molecule has 1 fully saturated rings. The standard InChI is InChI=1S/C36H33F7O4/c1-3-5-13-44-25-19-45-35(46-20-25)22-8-12-29(34(41)15-22)36(42,43)47-24-9-11-26(33(40)18-24)21-7-10-27(30(37)14-21)23-16-31(38)28(6-4-2)32(39)17-23/h7-12,14-18,25,35H,3-6,13,19-20H2,1-2H3. The first-order valence-corrected chi connectivity index (χ1v) is 15.3. The Labute approximate surface area is 268 Å². The van der Waals surface area contributed by atoms with E-state index >= 15 is 17.6 Å². The van der Waals surface area contributed by atoms with Crippen LogP contribution in [-0.2, 0) is 26.7 Å². The highest BCUT2D eigenvalue weighted by Gasteiger charge is 2.38. The second kappa shape index (κ2) is 14.9. The summed E-state index contributed by atoms with van der Waals surface area (Å²) >= 11 is 0. The molecule has 0 atom stereocenters. The zero-order valence-electron chi connectivity index (χ0n) is 25.7. The van der Waals surface area contributed by atoms with Gasteiger partial charge in [-0.25, -0.2) is 22.0 Å². The number of unbranched alkanes of at least 4 members (excludes halogenated alkanes) is 1. The Morgan fingerprint density at radius 2 is 1.34 bits per heavy atom. The van der Waals surface area contributed by atoms with Gasteiger partial charge in [-0.15, -0.1) is 0 Å². The topological polar surface area (TPSA) is 36.9 Å². The SMILES string of the molecule is CCCCOC1COC(c2ccc(C(F)(F)Oc3ccc(-c4ccc(-c5cc(F)c(CCC)c(F)c5)c(F)c4)c(F)c3)c(F)c2)OC1. The molecular weight excluding hydrogens is 629 g/mol. The number of hydrogen-bond acceptors (Lipinski definition) is 4. The molecular formula is C36H33F7O4. The van der Waals surface area contributed by atoms with E-state index in [4.69, 9.17) is 18.9 Å². The monoisotopic (exact) mass is 662 g/mol. The largest absolute Gasteiger partial charge is 0.429 e. The number of ether oxygens (including phenoxy) is 4. The van der Waals surface area contributed by atoms with Crippen LogP contribution in [0.3, 0.4) is 0 Å². The van der Waals surface area contributed by atoms with Gasteiger partial charge in [-0.2, -0.15) is 8.78 Å². The number of hydrogen-bond donors (Lipinski definition) is 0. The van der Waals surface area contributed by atoms with Crippen LogP contribution in [0.15, 0.2) is 66.7 Å². The molecule has 47 heavy (non-hydrogen) atoms. The zero-order chi connectivity index (χ0) is 33.7. The maximum atomic E-state index is 15.1.